The van der Waals surface area contributed by atoms with Crippen molar-refractivity contribution in [3.05, 3.63) is 35.9 Å². The molecule has 1 fully saturated rings. The molecule has 0 saturated carbocycles. The molecule has 1 atom stereocenters. The third kappa shape index (κ3) is 2.67. The number of fused-ring (bicyclic) bond motifs is 1. The quantitative estimate of drug-likeness (QED) is 0.920. The van der Waals surface area contributed by atoms with Crippen LogP contribution in [0.25, 0.3) is 10.9 Å². The molecule has 1 aliphatic rings. The molecule has 1 aliphatic heterocycles. The Hall–Kier alpha value is -2.19. The third-order valence-electron chi connectivity index (χ3n) is 3.94. The minimum atomic E-state index is -1.54. The Morgan fingerprint density at radius 3 is 3.00 bits per heavy atom. The van der Waals surface area contributed by atoms with Crippen LogP contribution in [0, 0.1) is 11.3 Å². The summed E-state index contributed by atoms with van der Waals surface area (Å²) in [4.78, 5) is 6.41. The third-order valence-corrected chi connectivity index (χ3v) is 3.94. The zero-order valence-corrected chi connectivity index (χ0v) is 11.6. The van der Waals surface area contributed by atoms with Gasteiger partial charge in [-0.15, -0.1) is 0 Å². The van der Waals surface area contributed by atoms with Gasteiger partial charge >= 0.3 is 0 Å². The van der Waals surface area contributed by atoms with Gasteiger partial charge in [0.05, 0.1) is 30.3 Å². The molecule has 1 saturated heterocycles. The Morgan fingerprint density at radius 1 is 1.38 bits per heavy atom. The van der Waals surface area contributed by atoms with Crippen LogP contribution in [-0.4, -0.2) is 35.5 Å². The Labute approximate surface area is 122 Å². The molecule has 3 rings (SSSR count). The van der Waals surface area contributed by atoms with Crippen LogP contribution in [0.5, 0.6) is 0 Å². The predicted octanol–water partition coefficient (Wildman–Crippen LogP) is 2.41. The van der Waals surface area contributed by atoms with E-state index < -0.39 is 12.3 Å². The minimum Gasteiger partial charge on any atom is -0.393 e. The van der Waals surface area contributed by atoms with Crippen molar-refractivity contribution in [2.75, 3.05) is 24.6 Å². The molecular formula is C16H16FN3O. The van der Waals surface area contributed by atoms with E-state index in [9.17, 15) is 9.50 Å². The Bertz CT molecular complexity index is 712. The van der Waals surface area contributed by atoms with Crippen LogP contribution in [0.1, 0.15) is 18.4 Å². The monoisotopic (exact) mass is 285 g/mol. The molecule has 0 radical (unpaired) electrons. The number of aliphatic hydroxyl groups excluding tert-OH is 1. The van der Waals surface area contributed by atoms with Gasteiger partial charge in [-0.3, -0.25) is 0 Å². The van der Waals surface area contributed by atoms with Gasteiger partial charge in [0.25, 0.3) is 0 Å². The first-order chi connectivity index (χ1) is 10.1. The summed E-state index contributed by atoms with van der Waals surface area (Å²) in [5.41, 5.74) is -0.164. The van der Waals surface area contributed by atoms with Gasteiger partial charge < -0.3 is 10.0 Å². The van der Waals surface area contributed by atoms with Crippen LogP contribution in [-0.2, 0) is 0 Å². The number of halogens is 1. The molecule has 0 spiro atoms. The maximum absolute atomic E-state index is 14.3. The molecule has 0 bridgehead atoms. The topological polar surface area (TPSA) is 60.2 Å². The fourth-order valence-electron chi connectivity index (χ4n) is 2.77. The second-order valence-corrected chi connectivity index (χ2v) is 5.52. The van der Waals surface area contributed by atoms with Crippen LogP contribution in [0.2, 0.25) is 0 Å². The summed E-state index contributed by atoms with van der Waals surface area (Å²) >= 11 is 0. The number of aromatic nitrogens is 1. The first kappa shape index (κ1) is 13.8. The number of rotatable bonds is 2. The SMILES string of the molecule is N#Cc1ccc2nc(N3CCCC(F)(CO)C3)ccc2c1. The number of nitriles is 1. The van der Waals surface area contributed by atoms with Gasteiger partial charge in [-0.2, -0.15) is 5.26 Å². The highest BCUT2D eigenvalue weighted by Crippen LogP contribution is 2.28. The molecule has 1 aromatic heterocycles. The van der Waals surface area contributed by atoms with Crippen molar-refractivity contribution in [3.63, 3.8) is 0 Å². The Kier molecular flexibility index (Phi) is 3.48. The largest absolute Gasteiger partial charge is 0.393 e. The van der Waals surface area contributed by atoms with Gasteiger partial charge in [0, 0.05) is 11.9 Å². The van der Waals surface area contributed by atoms with Gasteiger partial charge in [0.15, 0.2) is 5.67 Å². The number of nitrogens with zero attached hydrogens (tertiary/aromatic N) is 3. The first-order valence-corrected chi connectivity index (χ1v) is 6.99. The number of hydrogen-bond donors (Lipinski definition) is 1. The summed E-state index contributed by atoms with van der Waals surface area (Å²) in [5.74, 6) is 0.711. The number of hydrogen-bond acceptors (Lipinski definition) is 4. The average Bonchev–Trinajstić information content (AvgIpc) is 2.54. The average molecular weight is 285 g/mol. The molecular weight excluding hydrogens is 269 g/mol. The van der Waals surface area contributed by atoms with Crippen molar-refractivity contribution in [1.82, 2.24) is 4.98 Å². The van der Waals surface area contributed by atoms with E-state index in [4.69, 9.17) is 5.26 Å². The van der Waals surface area contributed by atoms with E-state index in [-0.39, 0.29) is 6.54 Å². The number of benzene rings is 1. The smallest absolute Gasteiger partial charge is 0.151 e. The molecule has 4 nitrogen and oxygen atoms in total. The summed E-state index contributed by atoms with van der Waals surface area (Å²) in [6.45, 7) is 0.446. The lowest BCUT2D eigenvalue weighted by Gasteiger charge is -2.37. The second kappa shape index (κ2) is 5.30. The number of anilines is 1. The predicted molar refractivity (Wildman–Crippen MR) is 78.8 cm³/mol. The van der Waals surface area contributed by atoms with Crippen molar-refractivity contribution >= 4 is 16.7 Å². The van der Waals surface area contributed by atoms with Gasteiger partial charge in [-0.1, -0.05) is 0 Å². The van der Waals surface area contributed by atoms with Crippen LogP contribution >= 0.6 is 0 Å². The molecule has 5 heteroatoms. The van der Waals surface area contributed by atoms with E-state index in [1.807, 2.05) is 17.0 Å². The Balaban J connectivity index is 1.92. The van der Waals surface area contributed by atoms with Crippen molar-refractivity contribution in [2.24, 2.45) is 0 Å². The molecule has 108 valence electrons. The highest BCUT2D eigenvalue weighted by atomic mass is 19.1. The van der Waals surface area contributed by atoms with Crippen LogP contribution < -0.4 is 4.90 Å². The van der Waals surface area contributed by atoms with Gasteiger partial charge in [0.1, 0.15) is 5.82 Å². The number of pyridine rings is 1. The maximum Gasteiger partial charge on any atom is 0.151 e. The number of aliphatic hydroxyl groups is 1. The minimum absolute atomic E-state index is 0.165. The van der Waals surface area contributed by atoms with Gasteiger partial charge in [0.2, 0.25) is 0 Å². The first-order valence-electron chi connectivity index (χ1n) is 6.99. The standard InChI is InChI=1S/C16H16FN3O/c17-16(11-21)6-1-7-20(10-16)15-5-3-13-8-12(9-18)2-4-14(13)19-15/h2-5,8,21H,1,6-7,10-11H2. The van der Waals surface area contributed by atoms with Gasteiger partial charge in [-0.25, -0.2) is 9.37 Å². The second-order valence-electron chi connectivity index (χ2n) is 5.52. The molecule has 0 amide bonds. The van der Waals surface area contributed by atoms with E-state index in [1.54, 1.807) is 18.2 Å². The maximum atomic E-state index is 14.3. The summed E-state index contributed by atoms with van der Waals surface area (Å²) in [5, 5.41) is 19.0. The highest BCUT2D eigenvalue weighted by Gasteiger charge is 2.35. The number of alkyl halides is 1. The zero-order chi connectivity index (χ0) is 14.9. The molecule has 1 aromatic carbocycles. The summed E-state index contributed by atoms with van der Waals surface area (Å²) in [7, 11) is 0. The molecule has 1 N–H and O–H groups in total. The summed E-state index contributed by atoms with van der Waals surface area (Å²) in [6, 6.07) is 11.1. The highest BCUT2D eigenvalue weighted by molar-refractivity contribution is 5.81. The van der Waals surface area contributed by atoms with Crippen molar-refractivity contribution in [1.29, 1.82) is 5.26 Å². The lowest BCUT2D eigenvalue weighted by molar-refractivity contribution is 0.0566. The van der Waals surface area contributed by atoms with E-state index >= 15 is 0 Å². The summed E-state index contributed by atoms with van der Waals surface area (Å²) < 4.78 is 14.3. The van der Waals surface area contributed by atoms with Crippen LogP contribution in [0.3, 0.4) is 0 Å². The fraction of sp³-hybridized carbons (Fsp3) is 0.375. The van der Waals surface area contributed by atoms with E-state index in [0.717, 1.165) is 17.4 Å². The van der Waals surface area contributed by atoms with E-state index in [0.29, 0.717) is 24.2 Å². The molecule has 1 unspecified atom stereocenters. The van der Waals surface area contributed by atoms with Crippen LogP contribution in [0.15, 0.2) is 30.3 Å². The summed E-state index contributed by atoms with van der Waals surface area (Å²) in [6.07, 6.45) is 1.09. The molecule has 2 heterocycles. The Morgan fingerprint density at radius 2 is 2.24 bits per heavy atom. The van der Waals surface area contributed by atoms with Crippen molar-refractivity contribution in [2.45, 2.75) is 18.5 Å². The lowest BCUT2D eigenvalue weighted by atomic mass is 9.95. The fourth-order valence-corrected chi connectivity index (χ4v) is 2.77. The molecule has 2 aromatic rings. The number of piperidine rings is 1. The van der Waals surface area contributed by atoms with Gasteiger partial charge in [-0.05, 0) is 43.2 Å². The lowest BCUT2D eigenvalue weighted by Crippen LogP contribution is -2.47. The van der Waals surface area contributed by atoms with E-state index in [1.165, 1.54) is 0 Å². The zero-order valence-electron chi connectivity index (χ0n) is 11.6. The molecule has 0 aliphatic carbocycles. The molecule has 21 heavy (non-hydrogen) atoms. The van der Waals surface area contributed by atoms with Crippen molar-refractivity contribution in [3.8, 4) is 6.07 Å². The normalized spacial score (nSPS) is 22.2. The van der Waals surface area contributed by atoms with E-state index in [2.05, 4.69) is 11.1 Å². The van der Waals surface area contributed by atoms with Crippen LogP contribution in [0.4, 0.5) is 10.2 Å². The van der Waals surface area contributed by atoms with Crippen molar-refractivity contribution < 1.29 is 9.50 Å².